The molecule has 7 heteroatoms. The molecule has 1 rings (SSSR count). The van der Waals surface area contributed by atoms with Gasteiger partial charge in [-0.1, -0.05) is 6.92 Å². The molecule has 0 spiro atoms. The van der Waals surface area contributed by atoms with Crippen molar-refractivity contribution in [3.63, 3.8) is 0 Å². The number of anilines is 2. The summed E-state index contributed by atoms with van der Waals surface area (Å²) in [5.74, 6) is 1.78. The Bertz CT molecular complexity index is 415. The summed E-state index contributed by atoms with van der Waals surface area (Å²) < 4.78 is 24.5. The van der Waals surface area contributed by atoms with Crippen molar-refractivity contribution in [1.82, 2.24) is 9.97 Å². The fourth-order valence-electron chi connectivity index (χ4n) is 1.52. The molecule has 1 heterocycles. The van der Waals surface area contributed by atoms with Gasteiger partial charge in [0.2, 0.25) is 0 Å². The molecular formula is C12H20F2N4O. The van der Waals surface area contributed by atoms with Gasteiger partial charge < -0.3 is 15.7 Å². The minimum atomic E-state index is -2.77. The number of nitrogens with zero attached hydrogens (tertiary/aromatic N) is 2. The highest BCUT2D eigenvalue weighted by Crippen LogP contribution is 2.20. The summed E-state index contributed by atoms with van der Waals surface area (Å²) in [6.07, 6.45) is -3.83. The van der Waals surface area contributed by atoms with Gasteiger partial charge >= 0.3 is 0 Å². The van der Waals surface area contributed by atoms with Crippen molar-refractivity contribution >= 4 is 11.6 Å². The van der Waals surface area contributed by atoms with E-state index >= 15 is 0 Å². The molecule has 0 radical (unpaired) electrons. The van der Waals surface area contributed by atoms with Crippen molar-refractivity contribution in [3.05, 3.63) is 11.4 Å². The van der Waals surface area contributed by atoms with E-state index in [4.69, 9.17) is 5.11 Å². The van der Waals surface area contributed by atoms with Crippen LogP contribution in [0.5, 0.6) is 0 Å². The van der Waals surface area contributed by atoms with Gasteiger partial charge in [0.05, 0.1) is 0 Å². The van der Waals surface area contributed by atoms with Gasteiger partial charge in [-0.25, -0.2) is 18.7 Å². The number of rotatable bonds is 7. The van der Waals surface area contributed by atoms with E-state index in [1.165, 1.54) is 0 Å². The Balaban J connectivity index is 2.89. The number of aliphatic hydroxyl groups is 1. The lowest BCUT2D eigenvalue weighted by molar-refractivity contribution is 0.00380. The number of hydrogen-bond acceptors (Lipinski definition) is 5. The van der Waals surface area contributed by atoms with Crippen LogP contribution in [0.2, 0.25) is 0 Å². The van der Waals surface area contributed by atoms with Crippen molar-refractivity contribution in [2.24, 2.45) is 0 Å². The van der Waals surface area contributed by atoms with Crippen molar-refractivity contribution in [2.45, 2.75) is 39.7 Å². The fourth-order valence-corrected chi connectivity index (χ4v) is 1.52. The molecule has 0 bridgehead atoms. The molecule has 0 amide bonds. The van der Waals surface area contributed by atoms with E-state index in [0.717, 1.165) is 5.56 Å². The number of hydrogen-bond donors (Lipinski definition) is 3. The molecule has 108 valence electrons. The van der Waals surface area contributed by atoms with Crippen LogP contribution in [-0.2, 0) is 6.42 Å². The third-order valence-corrected chi connectivity index (χ3v) is 2.62. The topological polar surface area (TPSA) is 70.1 Å². The van der Waals surface area contributed by atoms with Crippen LogP contribution in [0.4, 0.5) is 20.4 Å². The van der Waals surface area contributed by atoms with E-state index in [2.05, 4.69) is 20.6 Å². The Hall–Kier alpha value is -1.50. The number of aromatic nitrogens is 2. The van der Waals surface area contributed by atoms with E-state index in [-0.39, 0.29) is 6.54 Å². The van der Waals surface area contributed by atoms with Gasteiger partial charge in [-0.3, -0.25) is 0 Å². The minimum Gasteiger partial charge on any atom is -0.385 e. The predicted molar refractivity (Wildman–Crippen MR) is 70.8 cm³/mol. The molecule has 0 saturated carbocycles. The zero-order valence-corrected chi connectivity index (χ0v) is 11.4. The second kappa shape index (κ2) is 7.18. The maximum absolute atomic E-state index is 12.2. The summed E-state index contributed by atoms with van der Waals surface area (Å²) in [4.78, 5) is 8.58. The minimum absolute atomic E-state index is 0.246. The molecule has 1 unspecified atom stereocenters. The second-order valence-electron chi connectivity index (χ2n) is 4.13. The molecular weight excluding hydrogens is 254 g/mol. The lowest BCUT2D eigenvalue weighted by atomic mass is 10.2. The van der Waals surface area contributed by atoms with E-state index < -0.39 is 12.5 Å². The maximum Gasteiger partial charge on any atom is 0.265 e. The third kappa shape index (κ3) is 4.27. The lowest BCUT2D eigenvalue weighted by Gasteiger charge is -2.16. The number of halogens is 2. The Labute approximate surface area is 111 Å². The summed E-state index contributed by atoms with van der Waals surface area (Å²) in [6, 6.07) is 0. The first kappa shape index (κ1) is 15.6. The molecule has 1 atom stereocenters. The number of aryl methyl sites for hydroxylation is 1. The largest absolute Gasteiger partial charge is 0.385 e. The van der Waals surface area contributed by atoms with Crippen LogP contribution in [0, 0.1) is 6.92 Å². The standard InChI is InChI=1S/C12H20F2N4O/c1-4-9-17-11(15-5-2)7(3)12(18-9)16-6-8(19)10(13)14/h8,10,19H,4-6H2,1-3H3,(H2,15,16,17,18). The molecule has 0 aliphatic heterocycles. The van der Waals surface area contributed by atoms with Gasteiger partial charge in [-0.2, -0.15) is 0 Å². The molecule has 0 aromatic carbocycles. The SMILES string of the molecule is CCNc1nc(CC)nc(NCC(O)C(F)F)c1C. The Morgan fingerprint density at radius 3 is 2.21 bits per heavy atom. The van der Waals surface area contributed by atoms with Crippen molar-refractivity contribution in [1.29, 1.82) is 0 Å². The van der Waals surface area contributed by atoms with Gasteiger partial charge in [-0.05, 0) is 13.8 Å². The normalized spacial score (nSPS) is 12.6. The molecule has 5 nitrogen and oxygen atoms in total. The Morgan fingerprint density at radius 1 is 1.16 bits per heavy atom. The van der Waals surface area contributed by atoms with Crippen molar-refractivity contribution < 1.29 is 13.9 Å². The average molecular weight is 274 g/mol. The van der Waals surface area contributed by atoms with Crippen LogP contribution in [0.25, 0.3) is 0 Å². The second-order valence-corrected chi connectivity index (χ2v) is 4.13. The lowest BCUT2D eigenvalue weighted by Crippen LogP contribution is -2.27. The number of nitrogens with one attached hydrogen (secondary N) is 2. The summed E-state index contributed by atoms with van der Waals surface area (Å²) in [5.41, 5.74) is 0.750. The maximum atomic E-state index is 12.2. The van der Waals surface area contributed by atoms with Gasteiger partial charge in [0.15, 0.2) is 0 Å². The quantitative estimate of drug-likeness (QED) is 0.707. The van der Waals surface area contributed by atoms with Gasteiger partial charge in [0.1, 0.15) is 23.6 Å². The van der Waals surface area contributed by atoms with E-state index in [9.17, 15) is 8.78 Å². The molecule has 0 fully saturated rings. The van der Waals surface area contributed by atoms with E-state index in [1.807, 2.05) is 13.8 Å². The van der Waals surface area contributed by atoms with E-state index in [0.29, 0.717) is 30.4 Å². The molecule has 0 aliphatic rings. The summed E-state index contributed by atoms with van der Waals surface area (Å²) >= 11 is 0. The van der Waals surface area contributed by atoms with E-state index in [1.54, 1.807) is 6.92 Å². The highest BCUT2D eigenvalue weighted by atomic mass is 19.3. The van der Waals surface area contributed by atoms with Crippen LogP contribution in [0.1, 0.15) is 25.2 Å². The van der Waals surface area contributed by atoms with Gasteiger partial charge in [0.25, 0.3) is 6.43 Å². The predicted octanol–water partition coefficient (Wildman–Crippen LogP) is 1.82. The van der Waals surface area contributed by atoms with Crippen LogP contribution in [-0.4, -0.2) is 40.7 Å². The number of alkyl halides is 2. The monoisotopic (exact) mass is 274 g/mol. The fraction of sp³-hybridized carbons (Fsp3) is 0.667. The van der Waals surface area contributed by atoms with Gasteiger partial charge in [0, 0.05) is 25.1 Å². The van der Waals surface area contributed by atoms with Crippen LogP contribution < -0.4 is 10.6 Å². The van der Waals surface area contributed by atoms with Gasteiger partial charge in [-0.15, -0.1) is 0 Å². The highest BCUT2D eigenvalue weighted by Gasteiger charge is 2.17. The molecule has 1 aromatic rings. The molecule has 0 aliphatic carbocycles. The van der Waals surface area contributed by atoms with Crippen molar-refractivity contribution in [2.75, 3.05) is 23.7 Å². The summed E-state index contributed by atoms with van der Waals surface area (Å²) in [7, 11) is 0. The van der Waals surface area contributed by atoms with Crippen LogP contribution in [0.3, 0.4) is 0 Å². The van der Waals surface area contributed by atoms with Crippen LogP contribution in [0.15, 0.2) is 0 Å². The summed E-state index contributed by atoms with van der Waals surface area (Å²) in [5, 5.41) is 15.0. The third-order valence-electron chi connectivity index (χ3n) is 2.62. The zero-order valence-electron chi connectivity index (χ0n) is 11.4. The Morgan fingerprint density at radius 2 is 1.74 bits per heavy atom. The smallest absolute Gasteiger partial charge is 0.265 e. The highest BCUT2D eigenvalue weighted by molar-refractivity contribution is 5.57. The first-order valence-corrected chi connectivity index (χ1v) is 6.31. The first-order valence-electron chi connectivity index (χ1n) is 6.31. The first-order chi connectivity index (χ1) is 8.99. The average Bonchev–Trinajstić information content (AvgIpc) is 2.39. The summed E-state index contributed by atoms with van der Waals surface area (Å²) in [6.45, 7) is 6.12. The number of aliphatic hydroxyl groups excluding tert-OH is 1. The van der Waals surface area contributed by atoms with Crippen LogP contribution >= 0.6 is 0 Å². The molecule has 19 heavy (non-hydrogen) atoms. The van der Waals surface area contributed by atoms with Crippen molar-refractivity contribution in [3.8, 4) is 0 Å². The Kier molecular flexibility index (Phi) is 5.88. The molecule has 1 aromatic heterocycles. The molecule has 0 saturated heterocycles. The molecule has 3 N–H and O–H groups in total. The zero-order chi connectivity index (χ0) is 14.4.